The van der Waals surface area contributed by atoms with Crippen molar-refractivity contribution >= 4 is 40.9 Å². The molecule has 1 unspecified atom stereocenters. The van der Waals surface area contributed by atoms with Crippen LogP contribution in [0.25, 0.3) is 0 Å². The number of methoxy groups -OCH3 is 1. The van der Waals surface area contributed by atoms with Gasteiger partial charge in [0, 0.05) is 29.6 Å². The number of nitrogens with zero attached hydrogens (tertiary/aromatic N) is 4. The number of amides is 1. The lowest BCUT2D eigenvalue weighted by molar-refractivity contribution is -0.141. The highest BCUT2D eigenvalue weighted by molar-refractivity contribution is 7.99. The van der Waals surface area contributed by atoms with Crippen molar-refractivity contribution in [2.75, 3.05) is 37.8 Å². The van der Waals surface area contributed by atoms with E-state index in [0.717, 1.165) is 22.2 Å². The number of nitrogens with one attached hydrogen (secondary N) is 1. The number of anilines is 1. The topological polar surface area (TPSA) is 100 Å². The Bertz CT molecular complexity index is 1240. The summed E-state index contributed by atoms with van der Waals surface area (Å²) in [6.07, 6.45) is 1.55. The maximum Gasteiger partial charge on any atom is 0.325 e. The van der Waals surface area contributed by atoms with Crippen LogP contribution < -0.4 is 5.32 Å². The smallest absolute Gasteiger partial charge is 0.325 e. The second-order valence-electron chi connectivity index (χ2n) is 7.60. The largest absolute Gasteiger partial charge is 0.468 e. The third-order valence-electron chi connectivity index (χ3n) is 5.46. The minimum Gasteiger partial charge on any atom is -0.468 e. The van der Waals surface area contributed by atoms with Crippen molar-refractivity contribution in [1.82, 2.24) is 14.5 Å². The molecule has 1 aliphatic heterocycles. The zero-order chi connectivity index (χ0) is 24.1. The minimum absolute atomic E-state index is 0.0984. The van der Waals surface area contributed by atoms with E-state index in [1.807, 2.05) is 28.8 Å². The van der Waals surface area contributed by atoms with E-state index in [2.05, 4.69) is 16.4 Å². The Morgan fingerprint density at radius 3 is 2.82 bits per heavy atom. The van der Waals surface area contributed by atoms with Gasteiger partial charge in [-0.1, -0.05) is 41.6 Å². The van der Waals surface area contributed by atoms with E-state index < -0.39 is 5.97 Å². The normalized spacial score (nSPS) is 14.2. The zero-order valence-electron chi connectivity index (χ0n) is 18.4. The van der Waals surface area contributed by atoms with Gasteiger partial charge < -0.3 is 19.5 Å². The zero-order valence-corrected chi connectivity index (χ0v) is 20.0. The molecule has 0 saturated carbocycles. The molecule has 174 valence electrons. The molecular formula is C24H22ClN5O3S. The van der Waals surface area contributed by atoms with Crippen molar-refractivity contribution in [3.8, 4) is 6.07 Å². The lowest BCUT2D eigenvalue weighted by Crippen LogP contribution is -2.40. The number of halogens is 1. The summed E-state index contributed by atoms with van der Waals surface area (Å²) in [5.74, 6) is -0.0867. The molecule has 1 N–H and O–H groups in total. The molecule has 1 atom stereocenters. The highest BCUT2D eigenvalue weighted by atomic mass is 35.5. The molecule has 0 radical (unpaired) electrons. The molecule has 1 amide bonds. The second kappa shape index (κ2) is 10.6. The number of esters is 1. The summed E-state index contributed by atoms with van der Waals surface area (Å²) in [5, 5.41) is 13.6. The first kappa shape index (κ1) is 23.7. The van der Waals surface area contributed by atoms with E-state index in [0.29, 0.717) is 22.8 Å². The summed E-state index contributed by atoms with van der Waals surface area (Å²) in [6.45, 7) is 0.509. The molecule has 2 heterocycles. The molecule has 8 nitrogen and oxygen atoms in total. The number of ether oxygens (including phenoxy) is 1. The molecule has 1 aromatic heterocycles. The summed E-state index contributed by atoms with van der Waals surface area (Å²) in [7, 11) is 1.29. The van der Waals surface area contributed by atoms with Crippen molar-refractivity contribution in [3.63, 3.8) is 0 Å². The lowest BCUT2D eigenvalue weighted by atomic mass is 10.1. The van der Waals surface area contributed by atoms with Gasteiger partial charge in [0.05, 0.1) is 31.0 Å². The van der Waals surface area contributed by atoms with Gasteiger partial charge in [0.15, 0.2) is 5.16 Å². The predicted octanol–water partition coefficient (Wildman–Crippen LogP) is 3.83. The first-order chi connectivity index (χ1) is 16.5. The Morgan fingerprint density at radius 2 is 2.12 bits per heavy atom. The van der Waals surface area contributed by atoms with Crippen LogP contribution in [0.4, 0.5) is 5.69 Å². The lowest BCUT2D eigenvalue weighted by Gasteiger charge is -2.23. The second-order valence-corrected chi connectivity index (χ2v) is 9.02. The Balaban J connectivity index is 1.54. The summed E-state index contributed by atoms with van der Waals surface area (Å²) < 4.78 is 6.72. The van der Waals surface area contributed by atoms with E-state index in [9.17, 15) is 9.59 Å². The molecule has 0 aliphatic carbocycles. The molecule has 0 spiro atoms. The molecule has 0 fully saturated rings. The molecule has 34 heavy (non-hydrogen) atoms. The number of nitriles is 1. The van der Waals surface area contributed by atoms with Gasteiger partial charge in [0.1, 0.15) is 12.2 Å². The molecule has 3 aromatic rings. The fourth-order valence-electron chi connectivity index (χ4n) is 3.73. The van der Waals surface area contributed by atoms with Gasteiger partial charge in [-0.3, -0.25) is 9.59 Å². The molecular weight excluding hydrogens is 474 g/mol. The number of imidazole rings is 1. The molecule has 1 aliphatic rings. The number of aromatic nitrogens is 2. The molecule has 10 heteroatoms. The van der Waals surface area contributed by atoms with Crippen LogP contribution in [0.1, 0.15) is 27.7 Å². The fraction of sp³-hybridized carbons (Fsp3) is 0.250. The van der Waals surface area contributed by atoms with E-state index in [4.69, 9.17) is 21.6 Å². The molecule has 2 aromatic carbocycles. The highest BCUT2D eigenvalue weighted by Gasteiger charge is 2.32. The SMILES string of the molecule is COC(=O)CN(CCNc1cccc(Cl)c1)C(=O)c1cnc2n1C(c1ccc(C#N)cc1)CS2. The van der Waals surface area contributed by atoms with Crippen LogP contribution in [0, 0.1) is 11.3 Å². The quantitative estimate of drug-likeness (QED) is 0.474. The van der Waals surface area contributed by atoms with E-state index in [1.165, 1.54) is 12.0 Å². The van der Waals surface area contributed by atoms with Gasteiger partial charge in [0.25, 0.3) is 5.91 Å². The van der Waals surface area contributed by atoms with E-state index >= 15 is 0 Å². The Kier molecular flexibility index (Phi) is 7.40. The van der Waals surface area contributed by atoms with E-state index in [1.54, 1.807) is 42.2 Å². The Morgan fingerprint density at radius 1 is 1.32 bits per heavy atom. The first-order valence-corrected chi connectivity index (χ1v) is 11.9. The monoisotopic (exact) mass is 495 g/mol. The van der Waals surface area contributed by atoms with Gasteiger partial charge in [-0.05, 0) is 35.9 Å². The van der Waals surface area contributed by atoms with Crippen LogP contribution in [0.2, 0.25) is 5.02 Å². The van der Waals surface area contributed by atoms with Crippen LogP contribution in [-0.4, -0.2) is 58.8 Å². The number of rotatable bonds is 8. The Labute approximate surface area is 206 Å². The fourth-order valence-corrected chi connectivity index (χ4v) is 5.06. The van der Waals surface area contributed by atoms with E-state index in [-0.39, 0.29) is 25.0 Å². The third-order valence-corrected chi connectivity index (χ3v) is 6.74. The number of benzene rings is 2. The van der Waals surface area contributed by atoms with Crippen LogP contribution in [0.15, 0.2) is 59.9 Å². The standard InChI is InChI=1S/C24H22ClN5O3S/c1-33-22(31)14-29(10-9-27-19-4-2-3-18(25)11-19)23(32)20-13-28-24-30(20)21(15-34-24)17-7-5-16(12-26)6-8-17/h2-8,11,13,21,27H,9-10,14-15H2,1H3. The summed E-state index contributed by atoms with van der Waals surface area (Å²) >= 11 is 7.60. The minimum atomic E-state index is -0.504. The van der Waals surface area contributed by atoms with Crippen molar-refractivity contribution in [1.29, 1.82) is 5.26 Å². The maximum absolute atomic E-state index is 13.5. The highest BCUT2D eigenvalue weighted by Crippen LogP contribution is 2.38. The molecule has 0 bridgehead atoms. The van der Waals surface area contributed by atoms with Gasteiger partial charge in [-0.15, -0.1) is 0 Å². The number of hydrogen-bond acceptors (Lipinski definition) is 7. The average molecular weight is 496 g/mol. The maximum atomic E-state index is 13.5. The van der Waals surface area contributed by atoms with Gasteiger partial charge in [0.2, 0.25) is 0 Å². The van der Waals surface area contributed by atoms with Crippen LogP contribution >= 0.6 is 23.4 Å². The van der Waals surface area contributed by atoms with Crippen LogP contribution in [0.3, 0.4) is 0 Å². The van der Waals surface area contributed by atoms with Crippen molar-refractivity contribution in [2.24, 2.45) is 0 Å². The number of carbonyl (C=O) groups is 2. The Hall–Kier alpha value is -3.48. The van der Waals surface area contributed by atoms with Crippen molar-refractivity contribution < 1.29 is 14.3 Å². The number of carbonyl (C=O) groups excluding carboxylic acids is 2. The summed E-state index contributed by atoms with van der Waals surface area (Å²) in [5.41, 5.74) is 2.79. The first-order valence-electron chi connectivity index (χ1n) is 10.6. The number of thioether (sulfide) groups is 1. The number of hydrogen-bond donors (Lipinski definition) is 1. The van der Waals surface area contributed by atoms with Gasteiger partial charge in [-0.25, -0.2) is 4.98 Å². The van der Waals surface area contributed by atoms with Crippen molar-refractivity contribution in [3.05, 3.63) is 76.6 Å². The van der Waals surface area contributed by atoms with Crippen molar-refractivity contribution in [2.45, 2.75) is 11.2 Å². The molecule has 0 saturated heterocycles. The van der Waals surface area contributed by atoms with Crippen LogP contribution in [0.5, 0.6) is 0 Å². The summed E-state index contributed by atoms with van der Waals surface area (Å²) in [4.78, 5) is 31.5. The van der Waals surface area contributed by atoms with Crippen LogP contribution in [-0.2, 0) is 9.53 Å². The third kappa shape index (κ3) is 5.19. The predicted molar refractivity (Wildman–Crippen MR) is 130 cm³/mol. The summed E-state index contributed by atoms with van der Waals surface area (Å²) in [6, 6.07) is 16.6. The average Bonchev–Trinajstić information content (AvgIpc) is 3.45. The van der Waals surface area contributed by atoms with Gasteiger partial charge >= 0.3 is 5.97 Å². The van der Waals surface area contributed by atoms with Gasteiger partial charge in [-0.2, -0.15) is 5.26 Å². The molecule has 4 rings (SSSR count). The number of fused-ring (bicyclic) bond motifs is 1.